The minimum atomic E-state index is -0.205. The Balaban J connectivity index is 0.000000180. The molecule has 2 amide bonds. The van der Waals surface area contributed by atoms with E-state index in [1.807, 2.05) is 118 Å². The van der Waals surface area contributed by atoms with Crippen LogP contribution >= 0.6 is 22.6 Å². The fraction of sp³-hybridized carbons (Fsp3) is 0.308. The highest BCUT2D eigenvalue weighted by atomic mass is 127. The monoisotopic (exact) mass is 1040 g/mol. The summed E-state index contributed by atoms with van der Waals surface area (Å²) in [7, 11) is 1.65. The second kappa shape index (κ2) is 23.0. The van der Waals surface area contributed by atoms with E-state index in [0.717, 1.165) is 48.3 Å². The molecule has 2 fully saturated rings. The van der Waals surface area contributed by atoms with Crippen LogP contribution in [-0.4, -0.2) is 104 Å². The Morgan fingerprint density at radius 1 is 0.594 bits per heavy atom. The number of alkyl halides is 1. The van der Waals surface area contributed by atoms with E-state index in [-0.39, 0.29) is 42.3 Å². The summed E-state index contributed by atoms with van der Waals surface area (Å²) in [5, 5.41) is 26.7. The van der Waals surface area contributed by atoms with E-state index < -0.39 is 0 Å². The summed E-state index contributed by atoms with van der Waals surface area (Å²) in [4.78, 5) is 45.4. The molecule has 4 aromatic heterocycles. The third kappa shape index (κ3) is 10.9. The number of hydrogen-bond donors (Lipinski definition) is 1. The number of ether oxygens (including phenoxy) is 1. The average Bonchev–Trinajstić information content (AvgIpc) is 4.27. The van der Waals surface area contributed by atoms with Crippen molar-refractivity contribution in [1.82, 2.24) is 49.8 Å². The van der Waals surface area contributed by atoms with Gasteiger partial charge in [-0.1, -0.05) is 108 Å². The van der Waals surface area contributed by atoms with Gasteiger partial charge in [0.2, 0.25) is 0 Å². The van der Waals surface area contributed by atoms with Gasteiger partial charge in [-0.25, -0.2) is 9.97 Å². The largest absolute Gasteiger partial charge is 0.440 e. The van der Waals surface area contributed by atoms with E-state index in [1.54, 1.807) is 38.0 Å². The van der Waals surface area contributed by atoms with Crippen LogP contribution in [0.5, 0.6) is 0 Å². The third-order valence-electron chi connectivity index (χ3n) is 12.5. The lowest BCUT2D eigenvalue weighted by molar-refractivity contribution is 0.0589. The molecule has 2 aliphatic rings. The van der Waals surface area contributed by atoms with Gasteiger partial charge in [-0.3, -0.25) is 9.59 Å². The number of carbonyl (C=O) groups excluding carboxylic acids is 2. The Morgan fingerprint density at radius 3 is 1.41 bits per heavy atom. The van der Waals surface area contributed by atoms with Crippen molar-refractivity contribution in [3.63, 3.8) is 0 Å². The van der Waals surface area contributed by atoms with Crippen molar-refractivity contribution in [2.75, 3.05) is 25.1 Å². The van der Waals surface area contributed by atoms with Crippen LogP contribution in [0.1, 0.15) is 95.3 Å². The lowest BCUT2D eigenvalue weighted by Gasteiger charge is -2.37. The molecule has 4 atom stereocenters. The number of likely N-dealkylation sites (tertiary alicyclic amines) is 2. The molecule has 1 N–H and O–H groups in total. The van der Waals surface area contributed by atoms with E-state index in [0.29, 0.717) is 65.4 Å². The molecule has 0 spiro atoms. The molecular formula is C52H55IN10O6. The molecule has 0 aliphatic carbocycles. The molecule has 0 saturated carbocycles. The predicted molar refractivity (Wildman–Crippen MR) is 268 cm³/mol. The number of amides is 2. The van der Waals surface area contributed by atoms with E-state index in [9.17, 15) is 14.7 Å². The van der Waals surface area contributed by atoms with Crippen LogP contribution in [0.4, 0.5) is 0 Å². The van der Waals surface area contributed by atoms with Crippen molar-refractivity contribution >= 4 is 34.4 Å². The first-order valence-corrected chi connectivity index (χ1v) is 25.1. The van der Waals surface area contributed by atoms with Gasteiger partial charge in [-0.2, -0.15) is 30.0 Å². The number of piperidine rings is 2. The van der Waals surface area contributed by atoms with Crippen molar-refractivity contribution in [1.29, 1.82) is 0 Å². The second-order valence-corrected chi connectivity index (χ2v) is 16.8. The zero-order valence-electron chi connectivity index (χ0n) is 39.0. The summed E-state index contributed by atoms with van der Waals surface area (Å²) in [6, 6.07) is 34.5. The topological polar surface area (TPSA) is 184 Å². The van der Waals surface area contributed by atoms with Crippen LogP contribution in [0.25, 0.3) is 34.0 Å². The molecule has 0 radical (unpaired) electrons. The molecule has 6 heterocycles. The number of rotatable bonds is 11. The van der Waals surface area contributed by atoms with Crippen LogP contribution in [0.2, 0.25) is 0 Å². The zero-order valence-corrected chi connectivity index (χ0v) is 41.2. The van der Waals surface area contributed by atoms with E-state index in [2.05, 4.69) is 61.8 Å². The number of nitrogens with zero attached hydrogens (tertiary/aromatic N) is 10. The molecule has 2 saturated heterocycles. The molecular weight excluding hydrogens is 988 g/mol. The van der Waals surface area contributed by atoms with Gasteiger partial charge in [0, 0.05) is 43.4 Å². The molecule has 16 nitrogen and oxygen atoms in total. The van der Waals surface area contributed by atoms with Crippen molar-refractivity contribution in [2.45, 2.75) is 76.7 Å². The predicted octanol–water partition coefficient (Wildman–Crippen LogP) is 9.35. The smallest absolute Gasteiger partial charge is 0.256 e. The third-order valence-corrected chi connectivity index (χ3v) is 12.5. The number of methoxy groups -OCH3 is 1. The number of carbonyl (C=O) groups is 2. The normalized spacial score (nSPS) is 17.9. The Hall–Kier alpha value is -6.83. The number of aliphatic hydroxyl groups is 1. The summed E-state index contributed by atoms with van der Waals surface area (Å²) in [6.07, 6.45) is 9.83. The molecule has 2 unspecified atom stereocenters. The highest BCUT2D eigenvalue weighted by molar-refractivity contribution is 14.1. The number of hydrogen-bond acceptors (Lipinski definition) is 12. The highest BCUT2D eigenvalue weighted by Gasteiger charge is 2.36. The quantitative estimate of drug-likeness (QED) is 0.0958. The van der Waals surface area contributed by atoms with Crippen molar-refractivity contribution in [3.05, 3.63) is 168 Å². The standard InChI is InChI=1S/C26H27N5O3.C25H25N5O3.CH3I/c1-18-12-13-20(25-29-22(17-33-2)24(34-25)19-8-4-3-5-9-19)16-30(18)26(32)21-10-6-7-11-23(21)31-27-14-15-28-31;1-17-11-12-19(24-28-21(16-31)23(33-24)18-7-3-2-4-8-18)15-29(17)25(32)20-9-5-6-10-22(20)30-26-13-14-27-30;1-2/h3-11,14-15,18,20H,12-13,16-17H2,1-2H3;2-10,13-14,17,19,31H,11-12,15-16H2,1H3;1H3/t18-,20?;17-,19?;/m11./s1. The number of para-hydroxylation sites is 2. The van der Waals surface area contributed by atoms with Gasteiger partial charge < -0.3 is 28.5 Å². The number of halogens is 1. The van der Waals surface area contributed by atoms with E-state index in [4.69, 9.17) is 18.6 Å². The Labute approximate surface area is 414 Å². The zero-order chi connectivity index (χ0) is 48.3. The molecule has 4 aromatic carbocycles. The molecule has 10 rings (SSSR count). The molecule has 8 aromatic rings. The highest BCUT2D eigenvalue weighted by Crippen LogP contribution is 2.37. The first-order valence-electron chi connectivity index (χ1n) is 22.9. The number of oxazole rings is 2. The number of benzene rings is 4. The fourth-order valence-electron chi connectivity index (χ4n) is 8.89. The van der Waals surface area contributed by atoms with Crippen molar-refractivity contribution < 1.29 is 28.3 Å². The number of aliphatic hydroxyl groups excluding tert-OH is 1. The van der Waals surface area contributed by atoms with Gasteiger partial charge in [0.25, 0.3) is 11.8 Å². The summed E-state index contributed by atoms with van der Waals surface area (Å²) in [6.45, 7) is 5.33. The van der Waals surface area contributed by atoms with Gasteiger partial charge in [-0.05, 0) is 68.7 Å². The maximum absolute atomic E-state index is 13.7. The molecule has 2 aliphatic heterocycles. The van der Waals surface area contributed by atoms with Gasteiger partial charge in [0.05, 0.1) is 72.3 Å². The van der Waals surface area contributed by atoms with Gasteiger partial charge >= 0.3 is 0 Å². The molecule has 17 heteroatoms. The molecule has 356 valence electrons. The van der Waals surface area contributed by atoms with E-state index >= 15 is 0 Å². The van der Waals surface area contributed by atoms with Crippen LogP contribution in [-0.2, 0) is 18.0 Å². The first-order chi connectivity index (χ1) is 33.8. The van der Waals surface area contributed by atoms with Crippen LogP contribution in [0.3, 0.4) is 0 Å². The summed E-state index contributed by atoms with van der Waals surface area (Å²) in [5.74, 6) is 2.35. The van der Waals surface area contributed by atoms with Crippen LogP contribution in [0, 0.1) is 0 Å². The molecule has 0 bridgehead atoms. The summed E-state index contributed by atoms with van der Waals surface area (Å²) < 4.78 is 17.8. The Bertz CT molecular complexity index is 2890. The van der Waals surface area contributed by atoms with Crippen LogP contribution < -0.4 is 0 Å². The Kier molecular flexibility index (Phi) is 16.2. The summed E-state index contributed by atoms with van der Waals surface area (Å²) in [5.41, 5.74) is 5.56. The maximum Gasteiger partial charge on any atom is 0.256 e. The fourth-order valence-corrected chi connectivity index (χ4v) is 8.89. The second-order valence-electron chi connectivity index (χ2n) is 16.8. The van der Waals surface area contributed by atoms with Gasteiger partial charge in [-0.15, -0.1) is 0 Å². The first kappa shape index (κ1) is 48.6. The van der Waals surface area contributed by atoms with Gasteiger partial charge in [0.15, 0.2) is 23.3 Å². The summed E-state index contributed by atoms with van der Waals surface area (Å²) >= 11 is 2.15. The van der Waals surface area contributed by atoms with E-state index in [1.165, 1.54) is 9.59 Å². The minimum Gasteiger partial charge on any atom is -0.440 e. The maximum atomic E-state index is 13.7. The Morgan fingerprint density at radius 2 is 0.986 bits per heavy atom. The van der Waals surface area contributed by atoms with Crippen molar-refractivity contribution in [3.8, 4) is 34.0 Å². The lowest BCUT2D eigenvalue weighted by Crippen LogP contribution is -2.45. The van der Waals surface area contributed by atoms with Gasteiger partial charge in [0.1, 0.15) is 11.4 Å². The minimum absolute atomic E-state index is 0.00297. The van der Waals surface area contributed by atoms with Crippen LogP contribution in [0.15, 0.2) is 143 Å². The average molecular weight is 1040 g/mol. The SMILES string of the molecule is CI.COCc1nc(C2CC[C@@H](C)N(C(=O)c3ccccc3-n3nccn3)C2)oc1-c1ccccc1.C[C@@H]1CCC(c2nc(CO)c(-c3ccccc3)o2)CN1C(=O)c1ccccc1-n1nccn1. The lowest BCUT2D eigenvalue weighted by atomic mass is 9.92. The molecule has 69 heavy (non-hydrogen) atoms. The van der Waals surface area contributed by atoms with Crippen molar-refractivity contribution in [2.24, 2.45) is 0 Å². The number of aromatic nitrogens is 8.